The molecule has 2 aromatic heterocycles. The third kappa shape index (κ3) is 2.59. The molecule has 0 spiro atoms. The number of aromatic nitrogens is 4. The maximum absolute atomic E-state index is 12.4. The van der Waals surface area contributed by atoms with Crippen molar-refractivity contribution in [3.05, 3.63) is 35.7 Å². The van der Waals surface area contributed by atoms with Gasteiger partial charge in [0.05, 0.1) is 11.6 Å². The number of carbonyl (C=O) groups is 1. The van der Waals surface area contributed by atoms with Crippen LogP contribution in [-0.4, -0.2) is 25.2 Å². The maximum atomic E-state index is 12.4. The Morgan fingerprint density at radius 2 is 2.20 bits per heavy atom. The first-order valence-electron chi connectivity index (χ1n) is 6.88. The molecule has 0 bridgehead atoms. The van der Waals surface area contributed by atoms with Crippen molar-refractivity contribution in [1.82, 2.24) is 24.6 Å². The molecule has 0 aliphatic heterocycles. The van der Waals surface area contributed by atoms with E-state index in [0.717, 1.165) is 24.5 Å². The van der Waals surface area contributed by atoms with Gasteiger partial charge in [0.2, 0.25) is 0 Å². The minimum absolute atomic E-state index is 0.0689. The molecule has 0 fully saturated rings. The topological polar surface area (TPSA) is 64.7 Å². The second-order valence-electron chi connectivity index (χ2n) is 4.79. The summed E-state index contributed by atoms with van der Waals surface area (Å²) in [6, 6.07) is 1.71. The average Bonchev–Trinajstić information content (AvgIpc) is 3.04. The van der Waals surface area contributed by atoms with Gasteiger partial charge >= 0.3 is 0 Å². The lowest BCUT2D eigenvalue weighted by atomic mass is 10.1. The van der Waals surface area contributed by atoms with Gasteiger partial charge in [-0.2, -0.15) is 5.10 Å². The van der Waals surface area contributed by atoms with Crippen LogP contribution in [0.5, 0.6) is 0 Å². The largest absolute Gasteiger partial charge is 0.354 e. The highest BCUT2D eigenvalue weighted by Gasteiger charge is 2.20. The molecule has 20 heavy (non-hydrogen) atoms. The highest BCUT2D eigenvalue weighted by molar-refractivity contribution is 5.95. The van der Waals surface area contributed by atoms with Crippen molar-refractivity contribution in [3.8, 4) is 0 Å². The van der Waals surface area contributed by atoms with E-state index < -0.39 is 0 Å². The SMILES string of the molecule is CC[C@H](NC(=O)c1ccn(C)c1C)c1ncnn1CC. The molecule has 6 heteroatoms. The standard InChI is InChI=1S/C14H21N5O/c1-5-12(13-15-9-16-19(13)6-2)17-14(20)11-7-8-18(4)10(11)3/h7-9,12H,5-6H2,1-4H3,(H,17,20)/t12-/m0/s1. The van der Waals surface area contributed by atoms with Gasteiger partial charge in [-0.1, -0.05) is 6.92 Å². The van der Waals surface area contributed by atoms with E-state index in [2.05, 4.69) is 15.4 Å². The van der Waals surface area contributed by atoms with Crippen molar-refractivity contribution in [3.63, 3.8) is 0 Å². The summed E-state index contributed by atoms with van der Waals surface area (Å²) in [7, 11) is 1.93. The minimum atomic E-state index is -0.121. The van der Waals surface area contributed by atoms with Gasteiger partial charge in [-0.25, -0.2) is 9.67 Å². The lowest BCUT2D eigenvalue weighted by Crippen LogP contribution is -2.30. The van der Waals surface area contributed by atoms with Crippen LogP contribution in [0.15, 0.2) is 18.6 Å². The van der Waals surface area contributed by atoms with Crippen LogP contribution < -0.4 is 5.32 Å². The fraction of sp³-hybridized carbons (Fsp3) is 0.500. The van der Waals surface area contributed by atoms with Crippen LogP contribution in [0, 0.1) is 6.92 Å². The Bertz CT molecular complexity index is 598. The second kappa shape index (κ2) is 5.90. The van der Waals surface area contributed by atoms with Crippen molar-refractivity contribution in [1.29, 1.82) is 0 Å². The zero-order chi connectivity index (χ0) is 14.7. The predicted molar refractivity (Wildman–Crippen MR) is 76.3 cm³/mol. The van der Waals surface area contributed by atoms with Gasteiger partial charge in [0, 0.05) is 25.5 Å². The number of carbonyl (C=O) groups excluding carboxylic acids is 1. The number of hydrogen-bond acceptors (Lipinski definition) is 3. The molecular weight excluding hydrogens is 254 g/mol. The maximum Gasteiger partial charge on any atom is 0.253 e. The molecule has 0 aliphatic rings. The summed E-state index contributed by atoms with van der Waals surface area (Å²) in [6.45, 7) is 6.71. The molecule has 0 saturated heterocycles. The monoisotopic (exact) mass is 275 g/mol. The molecule has 2 aromatic rings. The van der Waals surface area contributed by atoms with Crippen molar-refractivity contribution in [2.75, 3.05) is 0 Å². The molecule has 0 aromatic carbocycles. The van der Waals surface area contributed by atoms with Gasteiger partial charge < -0.3 is 9.88 Å². The number of aryl methyl sites for hydroxylation is 2. The summed E-state index contributed by atoms with van der Waals surface area (Å²) in [5.74, 6) is 0.734. The molecule has 6 nitrogen and oxygen atoms in total. The quantitative estimate of drug-likeness (QED) is 0.905. The first kappa shape index (κ1) is 14.3. The van der Waals surface area contributed by atoms with Gasteiger partial charge in [-0.3, -0.25) is 4.79 Å². The fourth-order valence-electron chi connectivity index (χ4n) is 2.22. The van der Waals surface area contributed by atoms with Gasteiger partial charge in [-0.05, 0) is 26.3 Å². The van der Waals surface area contributed by atoms with Crippen molar-refractivity contribution in [2.24, 2.45) is 7.05 Å². The average molecular weight is 275 g/mol. The lowest BCUT2D eigenvalue weighted by molar-refractivity contribution is 0.0932. The zero-order valence-corrected chi connectivity index (χ0v) is 12.4. The summed E-state index contributed by atoms with van der Waals surface area (Å²) >= 11 is 0. The predicted octanol–water partition coefficient (Wildman–Crippen LogP) is 1.83. The van der Waals surface area contributed by atoms with E-state index in [4.69, 9.17) is 0 Å². The smallest absolute Gasteiger partial charge is 0.253 e. The Balaban J connectivity index is 2.18. The molecule has 0 radical (unpaired) electrons. The Kier molecular flexibility index (Phi) is 4.22. The van der Waals surface area contributed by atoms with Crippen LogP contribution in [0.1, 0.15) is 48.2 Å². The summed E-state index contributed by atoms with van der Waals surface area (Å²) < 4.78 is 3.75. The van der Waals surface area contributed by atoms with Crippen molar-refractivity contribution >= 4 is 5.91 Å². The van der Waals surface area contributed by atoms with Crippen LogP contribution in [0.3, 0.4) is 0 Å². The molecule has 0 unspecified atom stereocenters. The van der Waals surface area contributed by atoms with Crippen molar-refractivity contribution in [2.45, 2.75) is 39.8 Å². The number of nitrogens with zero attached hydrogens (tertiary/aromatic N) is 4. The van der Waals surface area contributed by atoms with E-state index in [0.29, 0.717) is 5.56 Å². The summed E-state index contributed by atoms with van der Waals surface area (Å²) in [4.78, 5) is 16.6. The number of nitrogens with one attached hydrogen (secondary N) is 1. The second-order valence-corrected chi connectivity index (χ2v) is 4.79. The molecule has 1 atom stereocenters. The molecular formula is C14H21N5O. The van der Waals surface area contributed by atoms with Crippen LogP contribution >= 0.6 is 0 Å². The molecule has 1 amide bonds. The molecule has 1 N–H and O–H groups in total. The Morgan fingerprint density at radius 1 is 1.45 bits per heavy atom. The highest BCUT2D eigenvalue weighted by Crippen LogP contribution is 2.16. The highest BCUT2D eigenvalue weighted by atomic mass is 16.1. The van der Waals surface area contributed by atoms with Crippen LogP contribution in [-0.2, 0) is 13.6 Å². The number of amides is 1. The van der Waals surface area contributed by atoms with E-state index in [1.807, 2.05) is 49.3 Å². The minimum Gasteiger partial charge on any atom is -0.354 e. The van der Waals surface area contributed by atoms with Gasteiger partial charge in [0.25, 0.3) is 5.91 Å². The third-order valence-corrected chi connectivity index (χ3v) is 3.60. The van der Waals surface area contributed by atoms with E-state index in [1.165, 1.54) is 6.33 Å². The van der Waals surface area contributed by atoms with Crippen molar-refractivity contribution < 1.29 is 4.79 Å². The van der Waals surface area contributed by atoms with Gasteiger partial charge in [-0.15, -0.1) is 0 Å². The zero-order valence-electron chi connectivity index (χ0n) is 12.4. The Hall–Kier alpha value is -2.11. The number of hydrogen-bond donors (Lipinski definition) is 1. The lowest BCUT2D eigenvalue weighted by Gasteiger charge is -2.17. The summed E-state index contributed by atoms with van der Waals surface area (Å²) in [5, 5.41) is 7.19. The first-order valence-corrected chi connectivity index (χ1v) is 6.88. The molecule has 0 aliphatic carbocycles. The van der Waals surface area contributed by atoms with E-state index in [9.17, 15) is 4.79 Å². The molecule has 2 rings (SSSR count). The van der Waals surface area contributed by atoms with Gasteiger partial charge in [0.15, 0.2) is 0 Å². The van der Waals surface area contributed by atoms with E-state index >= 15 is 0 Å². The van der Waals surface area contributed by atoms with Crippen LogP contribution in [0.25, 0.3) is 0 Å². The van der Waals surface area contributed by atoms with Crippen LogP contribution in [0.4, 0.5) is 0 Å². The molecule has 2 heterocycles. The Labute approximate surface area is 118 Å². The number of rotatable bonds is 5. The Morgan fingerprint density at radius 3 is 2.75 bits per heavy atom. The molecule has 0 saturated carbocycles. The van der Waals surface area contributed by atoms with Gasteiger partial charge in [0.1, 0.15) is 12.2 Å². The van der Waals surface area contributed by atoms with Crippen LogP contribution in [0.2, 0.25) is 0 Å². The fourth-order valence-corrected chi connectivity index (χ4v) is 2.22. The summed E-state index contributed by atoms with van der Waals surface area (Å²) in [6.07, 6.45) is 4.19. The van der Waals surface area contributed by atoms with E-state index in [-0.39, 0.29) is 11.9 Å². The summed E-state index contributed by atoms with van der Waals surface area (Å²) in [5.41, 5.74) is 1.66. The normalized spacial score (nSPS) is 12.4. The third-order valence-electron chi connectivity index (χ3n) is 3.60. The first-order chi connectivity index (χ1) is 9.58. The van der Waals surface area contributed by atoms with E-state index in [1.54, 1.807) is 0 Å². The molecule has 108 valence electrons.